The van der Waals surface area contributed by atoms with E-state index in [-0.39, 0.29) is 18.3 Å². The van der Waals surface area contributed by atoms with Gasteiger partial charge in [-0.15, -0.1) is 0 Å². The zero-order chi connectivity index (χ0) is 14.5. The molecular weight excluding hydrogens is 262 g/mol. The highest BCUT2D eigenvalue weighted by Gasteiger charge is 2.22. The Bertz CT molecular complexity index is 473. The molecule has 7 nitrogen and oxygen atoms in total. The van der Waals surface area contributed by atoms with E-state index in [0.29, 0.717) is 18.1 Å². The highest BCUT2D eigenvalue weighted by Crippen LogP contribution is 2.25. The minimum atomic E-state index is -1.04. The van der Waals surface area contributed by atoms with Crippen molar-refractivity contribution in [3.05, 3.63) is 17.8 Å². The summed E-state index contributed by atoms with van der Waals surface area (Å²) in [5, 5.41) is 17.6. The molecule has 1 aliphatic rings. The number of rotatable bonds is 5. The molecule has 1 aromatic rings. The normalized spacial score (nSPS) is 16.4. The minimum absolute atomic E-state index is 0.0331. The molecule has 20 heavy (non-hydrogen) atoms. The molecule has 0 spiro atoms. The van der Waals surface area contributed by atoms with E-state index in [2.05, 4.69) is 4.98 Å². The lowest BCUT2D eigenvalue weighted by molar-refractivity contribution is 0.0158. The lowest BCUT2D eigenvalue weighted by atomic mass is 10.1. The highest BCUT2D eigenvalue weighted by atomic mass is 16.5. The first-order valence-electron chi connectivity index (χ1n) is 6.58. The Hall–Kier alpha value is -1.86. The van der Waals surface area contributed by atoms with Gasteiger partial charge in [0.15, 0.2) is 5.82 Å². The zero-order valence-corrected chi connectivity index (χ0v) is 11.2. The number of nitrogens with zero attached hydrogens (tertiary/aromatic N) is 2. The number of carbonyl (C=O) groups is 1. The molecule has 0 aliphatic carbocycles. The summed E-state index contributed by atoms with van der Waals surface area (Å²) in [4.78, 5) is 17.0. The number of aromatic nitrogens is 1. The molecule has 1 aromatic heterocycles. The van der Waals surface area contributed by atoms with Crippen LogP contribution < -0.4 is 10.6 Å². The number of aromatic carboxylic acids is 1. The Kier molecular flexibility index (Phi) is 4.75. The molecule has 0 unspecified atom stereocenters. The molecule has 2 heterocycles. The molecule has 1 fully saturated rings. The van der Waals surface area contributed by atoms with Gasteiger partial charge < -0.3 is 25.6 Å². The molecule has 1 aliphatic heterocycles. The van der Waals surface area contributed by atoms with E-state index >= 15 is 0 Å². The number of ether oxygens (including phenoxy) is 1. The summed E-state index contributed by atoms with van der Waals surface area (Å²) in [7, 11) is 0. The van der Waals surface area contributed by atoms with E-state index in [1.165, 1.54) is 12.3 Å². The lowest BCUT2D eigenvalue weighted by Gasteiger charge is -2.33. The van der Waals surface area contributed by atoms with Gasteiger partial charge in [-0.25, -0.2) is 9.78 Å². The Labute approximate surface area is 117 Å². The number of carboxylic acids is 1. The molecule has 0 amide bonds. The van der Waals surface area contributed by atoms with E-state index in [4.69, 9.17) is 20.7 Å². The van der Waals surface area contributed by atoms with Crippen molar-refractivity contribution < 1.29 is 19.7 Å². The molecule has 1 saturated heterocycles. The molecule has 0 bridgehead atoms. The van der Waals surface area contributed by atoms with Crippen molar-refractivity contribution in [1.82, 2.24) is 4.98 Å². The van der Waals surface area contributed by atoms with Crippen LogP contribution in [0, 0.1) is 0 Å². The second-order valence-corrected chi connectivity index (χ2v) is 4.72. The Morgan fingerprint density at radius 2 is 2.20 bits per heavy atom. The molecule has 4 N–H and O–H groups in total. The van der Waals surface area contributed by atoms with Crippen molar-refractivity contribution in [2.24, 2.45) is 0 Å². The number of hydrogen-bond acceptors (Lipinski definition) is 6. The molecule has 2 rings (SSSR count). The first kappa shape index (κ1) is 14.5. The standard InChI is InChI=1S/C13H19N3O4/c14-11-7-9(13(18)19)8-15-12(11)16-3-1-10(2-4-16)20-6-5-17/h7-8,10,17H,1-6,14H2,(H,18,19). The SMILES string of the molecule is Nc1cc(C(=O)O)cnc1N1CCC(OCCO)CC1. The van der Waals surface area contributed by atoms with Gasteiger partial charge in [0.1, 0.15) is 0 Å². The van der Waals surface area contributed by atoms with E-state index in [0.717, 1.165) is 25.9 Å². The van der Waals surface area contributed by atoms with Crippen LogP contribution in [0.4, 0.5) is 11.5 Å². The van der Waals surface area contributed by atoms with Gasteiger partial charge in [-0.1, -0.05) is 0 Å². The smallest absolute Gasteiger partial charge is 0.337 e. The van der Waals surface area contributed by atoms with Gasteiger partial charge in [0, 0.05) is 19.3 Å². The van der Waals surface area contributed by atoms with Crippen LogP contribution in [0.3, 0.4) is 0 Å². The number of pyridine rings is 1. The minimum Gasteiger partial charge on any atom is -0.478 e. The fourth-order valence-corrected chi connectivity index (χ4v) is 2.31. The Morgan fingerprint density at radius 3 is 2.75 bits per heavy atom. The maximum Gasteiger partial charge on any atom is 0.337 e. The van der Waals surface area contributed by atoms with Gasteiger partial charge in [0.2, 0.25) is 0 Å². The first-order valence-corrected chi connectivity index (χ1v) is 6.58. The second kappa shape index (κ2) is 6.53. The summed E-state index contributed by atoms with van der Waals surface area (Å²) in [6, 6.07) is 1.43. The van der Waals surface area contributed by atoms with Gasteiger partial charge in [-0.3, -0.25) is 0 Å². The molecule has 0 aromatic carbocycles. The fraction of sp³-hybridized carbons (Fsp3) is 0.538. The van der Waals surface area contributed by atoms with Crippen molar-refractivity contribution in [2.75, 3.05) is 36.9 Å². The van der Waals surface area contributed by atoms with Gasteiger partial charge in [0.05, 0.1) is 30.6 Å². The molecule has 110 valence electrons. The summed E-state index contributed by atoms with van der Waals surface area (Å²) < 4.78 is 5.49. The van der Waals surface area contributed by atoms with E-state index in [1.807, 2.05) is 4.90 Å². The molecule has 0 saturated carbocycles. The lowest BCUT2D eigenvalue weighted by Crippen LogP contribution is -2.38. The number of nitrogen functional groups attached to an aromatic ring is 1. The number of aliphatic hydroxyl groups excluding tert-OH is 1. The monoisotopic (exact) mass is 281 g/mol. The van der Waals surface area contributed by atoms with E-state index < -0.39 is 5.97 Å². The average Bonchev–Trinajstić information content (AvgIpc) is 2.45. The summed E-state index contributed by atoms with van der Waals surface area (Å²) >= 11 is 0. The Morgan fingerprint density at radius 1 is 1.50 bits per heavy atom. The number of hydrogen-bond donors (Lipinski definition) is 3. The third-order valence-electron chi connectivity index (χ3n) is 3.33. The van der Waals surface area contributed by atoms with Gasteiger partial charge >= 0.3 is 5.97 Å². The van der Waals surface area contributed by atoms with E-state index in [9.17, 15) is 4.79 Å². The first-order chi connectivity index (χ1) is 9.61. The number of anilines is 2. The van der Waals surface area contributed by atoms with Crippen molar-refractivity contribution in [3.8, 4) is 0 Å². The summed E-state index contributed by atoms with van der Waals surface area (Å²) in [5.74, 6) is -0.414. The van der Waals surface area contributed by atoms with Crippen LogP contribution in [-0.4, -0.2) is 53.6 Å². The van der Waals surface area contributed by atoms with Gasteiger partial charge in [-0.2, -0.15) is 0 Å². The van der Waals surface area contributed by atoms with E-state index in [1.54, 1.807) is 0 Å². The van der Waals surface area contributed by atoms with Crippen LogP contribution in [0.15, 0.2) is 12.3 Å². The third kappa shape index (κ3) is 3.37. The number of nitrogens with two attached hydrogens (primary N) is 1. The molecule has 0 atom stereocenters. The number of aliphatic hydroxyl groups is 1. The molecule has 0 radical (unpaired) electrons. The van der Waals surface area contributed by atoms with Crippen molar-refractivity contribution in [3.63, 3.8) is 0 Å². The number of piperidine rings is 1. The maximum atomic E-state index is 10.8. The second-order valence-electron chi connectivity index (χ2n) is 4.72. The largest absolute Gasteiger partial charge is 0.478 e. The van der Waals surface area contributed by atoms with Crippen molar-refractivity contribution in [1.29, 1.82) is 0 Å². The highest BCUT2D eigenvalue weighted by molar-refractivity contribution is 5.89. The average molecular weight is 281 g/mol. The predicted molar refractivity (Wildman–Crippen MR) is 73.9 cm³/mol. The van der Waals surface area contributed by atoms with Crippen LogP contribution >= 0.6 is 0 Å². The van der Waals surface area contributed by atoms with Crippen molar-refractivity contribution in [2.45, 2.75) is 18.9 Å². The van der Waals surface area contributed by atoms with Crippen LogP contribution in [0.5, 0.6) is 0 Å². The van der Waals surface area contributed by atoms with Gasteiger partial charge in [-0.05, 0) is 18.9 Å². The number of carboxylic acid groups (broad SMARTS) is 1. The van der Waals surface area contributed by atoms with Gasteiger partial charge in [0.25, 0.3) is 0 Å². The van der Waals surface area contributed by atoms with Crippen LogP contribution in [0.1, 0.15) is 23.2 Å². The summed E-state index contributed by atoms with van der Waals surface area (Å²) in [6.07, 6.45) is 3.14. The van der Waals surface area contributed by atoms with Crippen LogP contribution in [-0.2, 0) is 4.74 Å². The van der Waals surface area contributed by atoms with Crippen LogP contribution in [0.2, 0.25) is 0 Å². The summed E-state index contributed by atoms with van der Waals surface area (Å²) in [5.41, 5.74) is 6.34. The van der Waals surface area contributed by atoms with Crippen LogP contribution in [0.25, 0.3) is 0 Å². The van der Waals surface area contributed by atoms with Crippen molar-refractivity contribution >= 4 is 17.5 Å². The summed E-state index contributed by atoms with van der Waals surface area (Å²) in [6.45, 7) is 1.89. The Balaban J connectivity index is 1.98. The third-order valence-corrected chi connectivity index (χ3v) is 3.33. The maximum absolute atomic E-state index is 10.8. The molecule has 7 heteroatoms. The quantitative estimate of drug-likeness (QED) is 0.714. The topological polar surface area (TPSA) is 109 Å². The molecular formula is C13H19N3O4. The zero-order valence-electron chi connectivity index (χ0n) is 11.2. The fourth-order valence-electron chi connectivity index (χ4n) is 2.31. The predicted octanol–water partition coefficient (Wildman–Crippen LogP) is 0.340.